The molecule has 3 heterocycles. The number of anilines is 3. The Morgan fingerprint density at radius 2 is 2.00 bits per heavy atom. The van der Waals surface area contributed by atoms with Gasteiger partial charge in [0.25, 0.3) is 0 Å². The summed E-state index contributed by atoms with van der Waals surface area (Å²) in [4.78, 5) is 20.2. The number of aliphatic imine (C=N–C) groups is 1. The number of rotatable bonds is 5. The summed E-state index contributed by atoms with van der Waals surface area (Å²) in [6.45, 7) is 9.23. The zero-order chi connectivity index (χ0) is 22.2. The monoisotopic (exact) mass is 456 g/mol. The second kappa shape index (κ2) is 8.49. The molecule has 10 heteroatoms. The topological polar surface area (TPSA) is 132 Å². The van der Waals surface area contributed by atoms with Crippen LogP contribution in [0.4, 0.5) is 17.5 Å². The Hall–Kier alpha value is -2.62. The Labute approximate surface area is 190 Å². The largest absolute Gasteiger partial charge is 0.382 e. The highest BCUT2D eigenvalue weighted by Gasteiger charge is 2.46. The summed E-state index contributed by atoms with van der Waals surface area (Å²) in [6, 6.07) is 1.65. The third kappa shape index (κ3) is 3.88. The van der Waals surface area contributed by atoms with Crippen molar-refractivity contribution < 1.29 is 0 Å². The molecule has 1 fully saturated rings. The number of hydrogen-bond acceptors (Lipinski definition) is 9. The van der Waals surface area contributed by atoms with E-state index in [0.29, 0.717) is 15.9 Å². The highest BCUT2D eigenvalue weighted by Crippen LogP contribution is 2.49. The summed E-state index contributed by atoms with van der Waals surface area (Å²) in [5.74, 6) is 1.37. The molecule has 1 aliphatic carbocycles. The second-order valence-electron chi connectivity index (χ2n) is 7.81. The molecule has 2 aromatic heterocycles. The van der Waals surface area contributed by atoms with Gasteiger partial charge in [-0.1, -0.05) is 36.0 Å². The maximum absolute atomic E-state index is 6.56. The van der Waals surface area contributed by atoms with Crippen molar-refractivity contribution in [1.29, 1.82) is 0 Å². The molecule has 1 spiro atoms. The maximum atomic E-state index is 6.56. The van der Waals surface area contributed by atoms with Crippen LogP contribution in [0.5, 0.6) is 0 Å². The van der Waals surface area contributed by atoms with Gasteiger partial charge in [0.15, 0.2) is 5.82 Å². The summed E-state index contributed by atoms with van der Waals surface area (Å²) >= 11 is 7.54. The molecule has 0 radical (unpaired) electrons. The number of nitrogens with two attached hydrogens (primary N) is 3. The number of nitrogens with zero attached hydrogens (tertiary/aromatic N) is 5. The number of halogens is 1. The summed E-state index contributed by atoms with van der Waals surface area (Å²) < 4.78 is 0. The number of pyridine rings is 1. The molecule has 2 aliphatic rings. The first-order valence-corrected chi connectivity index (χ1v) is 11.1. The van der Waals surface area contributed by atoms with E-state index in [4.69, 9.17) is 28.8 Å². The third-order valence-electron chi connectivity index (χ3n) is 6.16. The summed E-state index contributed by atoms with van der Waals surface area (Å²) in [7, 11) is 0. The average molecular weight is 457 g/mol. The van der Waals surface area contributed by atoms with Crippen molar-refractivity contribution in [2.45, 2.75) is 35.2 Å². The molecule has 2 aromatic rings. The molecule has 1 saturated heterocycles. The highest BCUT2D eigenvalue weighted by molar-refractivity contribution is 7.99. The molecular weight excluding hydrogens is 432 g/mol. The first-order valence-electron chi connectivity index (χ1n) is 9.91. The van der Waals surface area contributed by atoms with Gasteiger partial charge in [0.05, 0.1) is 23.0 Å². The van der Waals surface area contributed by atoms with Crippen molar-refractivity contribution in [1.82, 2.24) is 15.0 Å². The number of piperidine rings is 1. The molecule has 0 amide bonds. The molecule has 0 saturated carbocycles. The molecule has 0 aromatic carbocycles. The lowest BCUT2D eigenvalue weighted by atomic mass is 9.73. The van der Waals surface area contributed by atoms with Crippen LogP contribution in [0.1, 0.15) is 19.3 Å². The van der Waals surface area contributed by atoms with Gasteiger partial charge in [-0.3, -0.25) is 4.99 Å². The molecule has 8 nitrogen and oxygen atoms in total. The minimum absolute atomic E-state index is 0.0106. The number of hydrogen-bond donors (Lipinski definition) is 3. The molecule has 1 aliphatic heterocycles. The van der Waals surface area contributed by atoms with Crippen LogP contribution in [0.2, 0.25) is 5.02 Å². The summed E-state index contributed by atoms with van der Waals surface area (Å²) in [5.41, 5.74) is 20.5. The number of allylic oxidation sites excluding steroid dienone is 2. The van der Waals surface area contributed by atoms with Crippen LogP contribution in [0, 0.1) is 5.41 Å². The van der Waals surface area contributed by atoms with E-state index in [-0.39, 0.29) is 17.3 Å². The average Bonchev–Trinajstić information content (AvgIpc) is 3.04. The lowest BCUT2D eigenvalue weighted by molar-refractivity contribution is 0.203. The molecule has 1 unspecified atom stereocenters. The predicted molar refractivity (Wildman–Crippen MR) is 127 cm³/mol. The molecule has 0 bridgehead atoms. The third-order valence-corrected chi connectivity index (χ3v) is 7.74. The smallest absolute Gasteiger partial charge is 0.158 e. The first-order chi connectivity index (χ1) is 14.9. The Morgan fingerprint density at radius 1 is 1.26 bits per heavy atom. The molecule has 1 atom stereocenters. The van der Waals surface area contributed by atoms with Gasteiger partial charge in [-0.05, 0) is 43.0 Å². The van der Waals surface area contributed by atoms with Crippen molar-refractivity contribution >= 4 is 47.5 Å². The van der Waals surface area contributed by atoms with Crippen molar-refractivity contribution in [3.05, 3.63) is 47.4 Å². The van der Waals surface area contributed by atoms with Crippen molar-refractivity contribution in [2.24, 2.45) is 16.1 Å². The fraction of sp³-hybridized carbons (Fsp3) is 0.333. The van der Waals surface area contributed by atoms with Gasteiger partial charge < -0.3 is 22.1 Å². The van der Waals surface area contributed by atoms with Gasteiger partial charge >= 0.3 is 0 Å². The highest BCUT2D eigenvalue weighted by atomic mass is 35.5. The standard InChI is InChI=1S/C21H25ClN8S/c1-3-12-10-21(17(23)16(12)26-2)5-8-30(9-6-21)14-11-28-20(19(25)29-14)31-13-4-7-27-18(24)15(13)22/h3-4,7,11,17H,1-2,5-6,8-10,23H2,(H2,24,27)(H2,25,29). The Kier molecular flexibility index (Phi) is 5.92. The predicted octanol–water partition coefficient (Wildman–Crippen LogP) is 3.30. The zero-order valence-electron chi connectivity index (χ0n) is 17.1. The minimum Gasteiger partial charge on any atom is -0.382 e. The van der Waals surface area contributed by atoms with Gasteiger partial charge in [-0.15, -0.1) is 0 Å². The Balaban J connectivity index is 1.46. The van der Waals surface area contributed by atoms with Crippen LogP contribution in [0.15, 0.2) is 57.3 Å². The SMILES string of the molecule is C=CC1=C(N=C)C(N)C2(CCN(c3cnc(Sc4ccnc(N)c4Cl)c(N)n3)CC2)C1. The van der Waals surface area contributed by atoms with Crippen LogP contribution < -0.4 is 22.1 Å². The minimum atomic E-state index is -0.118. The van der Waals surface area contributed by atoms with Gasteiger partial charge in [-0.2, -0.15) is 0 Å². The quantitative estimate of drug-likeness (QED) is 0.583. The van der Waals surface area contributed by atoms with E-state index in [1.807, 2.05) is 6.08 Å². The van der Waals surface area contributed by atoms with Crippen molar-refractivity contribution in [2.75, 3.05) is 29.5 Å². The number of nitrogen functional groups attached to an aromatic ring is 2. The fourth-order valence-electron chi connectivity index (χ4n) is 4.35. The van der Waals surface area contributed by atoms with Gasteiger partial charge in [0, 0.05) is 24.2 Å². The van der Waals surface area contributed by atoms with Gasteiger partial charge in [-0.25, -0.2) is 15.0 Å². The zero-order valence-corrected chi connectivity index (χ0v) is 18.7. The summed E-state index contributed by atoms with van der Waals surface area (Å²) in [6.07, 6.45) is 7.94. The second-order valence-corrected chi connectivity index (χ2v) is 9.21. The van der Waals surface area contributed by atoms with Gasteiger partial charge in [0.1, 0.15) is 16.7 Å². The first kappa shape index (κ1) is 21.6. The molecule has 162 valence electrons. The van der Waals surface area contributed by atoms with Gasteiger partial charge in [0.2, 0.25) is 0 Å². The Bertz CT molecular complexity index is 1060. The maximum Gasteiger partial charge on any atom is 0.158 e. The van der Waals surface area contributed by atoms with E-state index < -0.39 is 0 Å². The molecular formula is C21H25ClN8S. The van der Waals surface area contributed by atoms with E-state index in [1.165, 1.54) is 11.8 Å². The van der Waals surface area contributed by atoms with E-state index in [9.17, 15) is 0 Å². The van der Waals surface area contributed by atoms with E-state index >= 15 is 0 Å². The van der Waals surface area contributed by atoms with E-state index in [2.05, 4.69) is 38.1 Å². The van der Waals surface area contributed by atoms with Crippen LogP contribution in [-0.2, 0) is 0 Å². The van der Waals surface area contributed by atoms with Crippen LogP contribution >= 0.6 is 23.4 Å². The van der Waals surface area contributed by atoms with Crippen LogP contribution in [0.25, 0.3) is 0 Å². The molecule has 31 heavy (non-hydrogen) atoms. The van der Waals surface area contributed by atoms with Crippen LogP contribution in [-0.4, -0.2) is 40.8 Å². The lowest BCUT2D eigenvalue weighted by Crippen LogP contribution is -2.48. The van der Waals surface area contributed by atoms with E-state index in [1.54, 1.807) is 18.5 Å². The van der Waals surface area contributed by atoms with Crippen LogP contribution in [0.3, 0.4) is 0 Å². The molecule has 6 N–H and O–H groups in total. The lowest BCUT2D eigenvalue weighted by Gasteiger charge is -2.42. The Morgan fingerprint density at radius 3 is 2.61 bits per heavy atom. The number of aromatic nitrogens is 3. The molecule has 4 rings (SSSR count). The fourth-order valence-corrected chi connectivity index (χ4v) is 5.37. The van der Waals surface area contributed by atoms with E-state index in [0.717, 1.165) is 54.3 Å². The normalized spacial score (nSPS) is 20.3. The van der Waals surface area contributed by atoms with Crippen molar-refractivity contribution in [3.63, 3.8) is 0 Å². The van der Waals surface area contributed by atoms with Crippen molar-refractivity contribution in [3.8, 4) is 0 Å². The summed E-state index contributed by atoms with van der Waals surface area (Å²) in [5, 5.41) is 0.956.